The summed E-state index contributed by atoms with van der Waals surface area (Å²) in [5.74, 6) is 4.84. The Hall–Kier alpha value is -1.29. The maximum absolute atomic E-state index is 11.8. The van der Waals surface area contributed by atoms with Crippen LogP contribution in [0.4, 0.5) is 0 Å². The molecule has 3 saturated carbocycles. The highest BCUT2D eigenvalue weighted by atomic mass is 16.7. The smallest absolute Gasteiger partial charge is 0.337 e. The van der Waals surface area contributed by atoms with Crippen LogP contribution in [0.5, 0.6) is 0 Å². The Morgan fingerprint density at radius 3 is 2.50 bits per heavy atom. The summed E-state index contributed by atoms with van der Waals surface area (Å²) >= 11 is 0. The first kappa shape index (κ1) is 30.2. The molecule has 0 amide bonds. The molecule has 5 aliphatic rings. The molecule has 226 valence electrons. The highest BCUT2D eigenvalue weighted by Crippen LogP contribution is 2.67. The van der Waals surface area contributed by atoms with Gasteiger partial charge in [0.2, 0.25) is 5.79 Å². The Balaban J connectivity index is 1.15. The van der Waals surface area contributed by atoms with Crippen LogP contribution in [0.15, 0.2) is 23.5 Å². The fraction of sp³-hybridized carbons (Fsp3) is 0.861. The molecule has 0 N–H and O–H groups in total. The van der Waals surface area contributed by atoms with Crippen LogP contribution >= 0.6 is 0 Å². The lowest BCUT2D eigenvalue weighted by atomic mass is 9.47. The van der Waals surface area contributed by atoms with Crippen molar-refractivity contribution in [2.24, 2.45) is 46.3 Å². The number of esters is 1. The molecule has 40 heavy (non-hydrogen) atoms. The first-order valence-corrected chi connectivity index (χ1v) is 16.8. The second-order valence-electron chi connectivity index (χ2n) is 15.7. The number of hydrogen-bond acceptors (Lipinski definition) is 4. The molecule has 3 fully saturated rings. The molecule has 0 aromatic rings. The highest BCUT2D eigenvalue weighted by Gasteiger charge is 2.59. The standard InChI is InChI=1S/C36H58O4/c1-24(2)10-8-11-25(3)30-15-16-31-29-14-13-26-22-27(17-19-35(26,6)32(29)18-20-36(30,31)7)38-21-9-12-28-23-33(37)40-34(4,5)39-28/h13,23-25,27,29-32H,8-12,14-22H2,1-7H3/t25-,27+,29+,30-,31?,32?,35+,36-/m1/s1. The second-order valence-corrected chi connectivity index (χ2v) is 15.7. The molecule has 0 bridgehead atoms. The molecule has 1 heterocycles. The maximum atomic E-state index is 11.8. The molecule has 0 aromatic heterocycles. The van der Waals surface area contributed by atoms with Gasteiger partial charge in [-0.3, -0.25) is 0 Å². The van der Waals surface area contributed by atoms with Crippen molar-refractivity contribution in [1.82, 2.24) is 0 Å². The largest absolute Gasteiger partial charge is 0.457 e. The lowest BCUT2D eigenvalue weighted by Gasteiger charge is -2.58. The Kier molecular flexibility index (Phi) is 8.88. The van der Waals surface area contributed by atoms with E-state index in [1.54, 1.807) is 19.4 Å². The molecule has 0 aromatic carbocycles. The molecule has 4 nitrogen and oxygen atoms in total. The Labute approximate surface area is 245 Å². The summed E-state index contributed by atoms with van der Waals surface area (Å²) in [5, 5.41) is 0. The fourth-order valence-corrected chi connectivity index (χ4v) is 10.2. The number of carbonyl (C=O) groups excluding carboxylic acids is 1. The summed E-state index contributed by atoms with van der Waals surface area (Å²) in [6, 6.07) is 0. The minimum absolute atomic E-state index is 0.312. The van der Waals surface area contributed by atoms with Gasteiger partial charge in [-0.15, -0.1) is 0 Å². The van der Waals surface area contributed by atoms with Crippen LogP contribution in [0.3, 0.4) is 0 Å². The third kappa shape index (κ3) is 6.09. The molecule has 0 radical (unpaired) electrons. The van der Waals surface area contributed by atoms with Crippen molar-refractivity contribution >= 4 is 5.97 Å². The van der Waals surface area contributed by atoms with Crippen molar-refractivity contribution < 1.29 is 19.0 Å². The van der Waals surface area contributed by atoms with Gasteiger partial charge in [-0.1, -0.05) is 65.5 Å². The van der Waals surface area contributed by atoms with E-state index in [0.717, 1.165) is 48.3 Å². The number of ether oxygens (including phenoxy) is 3. The number of cyclic esters (lactones) is 1. The van der Waals surface area contributed by atoms with Crippen molar-refractivity contribution in [2.45, 2.75) is 144 Å². The zero-order chi connectivity index (χ0) is 28.7. The monoisotopic (exact) mass is 554 g/mol. The highest BCUT2D eigenvalue weighted by molar-refractivity contribution is 5.83. The van der Waals surface area contributed by atoms with Gasteiger partial charge in [-0.2, -0.15) is 0 Å². The predicted octanol–water partition coefficient (Wildman–Crippen LogP) is 9.39. The van der Waals surface area contributed by atoms with Gasteiger partial charge in [0, 0.05) is 26.9 Å². The molecule has 4 aliphatic carbocycles. The Morgan fingerprint density at radius 2 is 1.75 bits per heavy atom. The normalized spacial score (nSPS) is 39.3. The molecule has 1 aliphatic heterocycles. The number of allylic oxidation sites excluding steroid dienone is 2. The van der Waals surface area contributed by atoms with Crippen molar-refractivity contribution in [1.29, 1.82) is 0 Å². The van der Waals surface area contributed by atoms with Crippen LogP contribution < -0.4 is 0 Å². The molecule has 0 saturated heterocycles. The van der Waals surface area contributed by atoms with Crippen LogP contribution in [0.2, 0.25) is 0 Å². The van der Waals surface area contributed by atoms with Crippen molar-refractivity contribution in [3.05, 3.63) is 23.5 Å². The Bertz CT molecular complexity index is 977. The van der Waals surface area contributed by atoms with E-state index in [9.17, 15) is 4.79 Å². The van der Waals surface area contributed by atoms with E-state index in [4.69, 9.17) is 14.2 Å². The quantitative estimate of drug-likeness (QED) is 0.153. The minimum Gasteiger partial charge on any atom is -0.457 e. The molecule has 4 heteroatoms. The number of fused-ring (bicyclic) bond motifs is 5. The van der Waals surface area contributed by atoms with E-state index in [1.165, 1.54) is 70.3 Å². The first-order chi connectivity index (χ1) is 18.9. The van der Waals surface area contributed by atoms with Crippen LogP contribution in [0, 0.1) is 46.3 Å². The number of rotatable bonds is 10. The zero-order valence-electron chi connectivity index (χ0n) is 26.7. The van der Waals surface area contributed by atoms with Gasteiger partial charge >= 0.3 is 5.97 Å². The van der Waals surface area contributed by atoms with E-state index in [0.29, 0.717) is 35.7 Å². The third-order valence-corrected chi connectivity index (χ3v) is 12.2. The van der Waals surface area contributed by atoms with E-state index in [1.807, 2.05) is 0 Å². The summed E-state index contributed by atoms with van der Waals surface area (Å²) in [4.78, 5) is 11.8. The van der Waals surface area contributed by atoms with E-state index >= 15 is 0 Å². The van der Waals surface area contributed by atoms with Crippen LogP contribution in [0.1, 0.15) is 132 Å². The van der Waals surface area contributed by atoms with Crippen molar-refractivity contribution in [3.8, 4) is 0 Å². The first-order valence-electron chi connectivity index (χ1n) is 16.8. The summed E-state index contributed by atoms with van der Waals surface area (Å²) in [5.41, 5.74) is 2.63. The summed E-state index contributed by atoms with van der Waals surface area (Å²) in [7, 11) is 0. The number of carbonyl (C=O) groups is 1. The molecular formula is C36H58O4. The molecular weight excluding hydrogens is 496 g/mol. The van der Waals surface area contributed by atoms with E-state index in [2.05, 4.69) is 40.7 Å². The van der Waals surface area contributed by atoms with Gasteiger partial charge in [0.25, 0.3) is 0 Å². The average molecular weight is 555 g/mol. The minimum atomic E-state index is -0.872. The molecule has 2 unspecified atom stereocenters. The van der Waals surface area contributed by atoms with Gasteiger partial charge in [0.15, 0.2) is 0 Å². The SMILES string of the molecule is CC(C)CCC[C@@H](C)[C@H]1CCC2[C@@H]3CC=C4C[C@@H](OCCCC5=CC(=O)OC(C)(C)O5)CC[C@]4(C)C3CC[C@@]21C. The van der Waals surface area contributed by atoms with Crippen LogP contribution in [-0.2, 0) is 19.0 Å². The van der Waals surface area contributed by atoms with Gasteiger partial charge in [0.1, 0.15) is 5.76 Å². The lowest BCUT2D eigenvalue weighted by molar-refractivity contribution is -0.206. The molecule has 0 spiro atoms. The summed E-state index contributed by atoms with van der Waals surface area (Å²) in [6.07, 6.45) is 21.0. The second kappa shape index (κ2) is 11.8. The molecule has 8 atom stereocenters. The predicted molar refractivity (Wildman–Crippen MR) is 161 cm³/mol. The average Bonchev–Trinajstić information content (AvgIpc) is 3.22. The van der Waals surface area contributed by atoms with Crippen molar-refractivity contribution in [3.63, 3.8) is 0 Å². The fourth-order valence-electron chi connectivity index (χ4n) is 10.2. The summed E-state index contributed by atoms with van der Waals surface area (Å²) < 4.78 is 17.4. The van der Waals surface area contributed by atoms with E-state index < -0.39 is 5.79 Å². The zero-order valence-corrected chi connectivity index (χ0v) is 26.7. The third-order valence-electron chi connectivity index (χ3n) is 12.2. The van der Waals surface area contributed by atoms with Gasteiger partial charge in [-0.25, -0.2) is 4.79 Å². The maximum Gasteiger partial charge on any atom is 0.337 e. The lowest BCUT2D eigenvalue weighted by Crippen LogP contribution is -2.51. The topological polar surface area (TPSA) is 44.8 Å². The Morgan fingerprint density at radius 1 is 0.950 bits per heavy atom. The van der Waals surface area contributed by atoms with Crippen LogP contribution in [0.25, 0.3) is 0 Å². The molecule has 5 rings (SSSR count). The summed E-state index contributed by atoms with van der Waals surface area (Å²) in [6.45, 7) is 16.9. The van der Waals surface area contributed by atoms with Crippen LogP contribution in [-0.4, -0.2) is 24.5 Å². The van der Waals surface area contributed by atoms with Crippen molar-refractivity contribution in [2.75, 3.05) is 6.61 Å². The van der Waals surface area contributed by atoms with Gasteiger partial charge in [-0.05, 0) is 104 Å². The van der Waals surface area contributed by atoms with E-state index in [-0.39, 0.29) is 5.97 Å². The number of hydrogen-bond donors (Lipinski definition) is 0. The van der Waals surface area contributed by atoms with Gasteiger partial charge in [0.05, 0.1) is 12.2 Å². The van der Waals surface area contributed by atoms with Gasteiger partial charge < -0.3 is 14.2 Å².